The van der Waals surface area contributed by atoms with Crippen LogP contribution in [0, 0.1) is 6.92 Å². The molecule has 0 radical (unpaired) electrons. The van der Waals surface area contributed by atoms with Crippen molar-refractivity contribution >= 4 is 11.7 Å². The van der Waals surface area contributed by atoms with Crippen molar-refractivity contribution in [3.05, 3.63) is 53.7 Å². The first kappa shape index (κ1) is 18.3. The molecule has 2 heterocycles. The second kappa shape index (κ2) is 7.83. The number of rotatable bonds is 4. The fourth-order valence-electron chi connectivity index (χ4n) is 3.32. The molecule has 2 aromatic rings. The Bertz CT molecular complexity index is 731. The largest absolute Gasteiger partial charge is 0.380 e. The van der Waals surface area contributed by atoms with Gasteiger partial charge in [-0.15, -0.1) is 5.10 Å². The molecule has 0 saturated carbocycles. The first-order valence-electron chi connectivity index (χ1n) is 9.07. The number of benzene rings is 1. The third kappa shape index (κ3) is 4.38. The number of amides is 1. The zero-order chi connectivity index (χ0) is 18.6. The fraction of sp³-hybridized carbons (Fsp3) is 0.450. The molecule has 26 heavy (non-hydrogen) atoms. The summed E-state index contributed by atoms with van der Waals surface area (Å²) in [6.07, 6.45) is 1.15. The van der Waals surface area contributed by atoms with Crippen LogP contribution in [0.3, 0.4) is 0 Å². The van der Waals surface area contributed by atoms with Gasteiger partial charge in [0.25, 0.3) is 5.91 Å². The summed E-state index contributed by atoms with van der Waals surface area (Å²) in [5.74, 6) is 0.624. The van der Waals surface area contributed by atoms with E-state index < -0.39 is 5.60 Å². The molecule has 1 aliphatic heterocycles. The number of hydrogen-bond acceptors (Lipinski definition) is 5. The maximum Gasteiger partial charge on any atom is 0.254 e. The summed E-state index contributed by atoms with van der Waals surface area (Å²) in [6.45, 7) is 6.23. The minimum Gasteiger partial charge on any atom is -0.380 e. The van der Waals surface area contributed by atoms with E-state index in [4.69, 9.17) is 0 Å². The van der Waals surface area contributed by atoms with Gasteiger partial charge in [0.05, 0.1) is 5.69 Å². The fourth-order valence-corrected chi connectivity index (χ4v) is 3.32. The van der Waals surface area contributed by atoms with E-state index in [0.717, 1.165) is 30.0 Å². The van der Waals surface area contributed by atoms with Gasteiger partial charge in [-0.05, 0) is 38.0 Å². The molecule has 6 heteroatoms. The van der Waals surface area contributed by atoms with Crippen LogP contribution in [0.5, 0.6) is 0 Å². The van der Waals surface area contributed by atoms with Crippen LogP contribution in [-0.4, -0.2) is 57.9 Å². The summed E-state index contributed by atoms with van der Waals surface area (Å²) in [4.78, 5) is 16.8. The molecule has 1 aromatic heterocycles. The monoisotopic (exact) mass is 354 g/mol. The lowest BCUT2D eigenvalue weighted by Gasteiger charge is -2.30. The first-order valence-corrected chi connectivity index (χ1v) is 9.07. The second-order valence-corrected chi connectivity index (χ2v) is 7.10. The molecule has 1 aliphatic rings. The molecule has 1 N–H and O–H groups in total. The minimum absolute atomic E-state index is 0.210. The highest BCUT2D eigenvalue weighted by Gasteiger charge is 2.35. The van der Waals surface area contributed by atoms with Crippen molar-refractivity contribution in [1.29, 1.82) is 0 Å². The number of aliphatic hydroxyl groups is 1. The first-order chi connectivity index (χ1) is 12.5. The molecule has 1 aromatic carbocycles. The quantitative estimate of drug-likeness (QED) is 0.907. The average Bonchev–Trinajstić information content (AvgIpc) is 2.88. The highest BCUT2D eigenvalue weighted by atomic mass is 16.3. The van der Waals surface area contributed by atoms with Gasteiger partial charge in [0.2, 0.25) is 0 Å². The number of anilines is 1. The zero-order valence-corrected chi connectivity index (χ0v) is 15.4. The third-order valence-electron chi connectivity index (χ3n) is 4.74. The summed E-state index contributed by atoms with van der Waals surface area (Å²) in [7, 11) is 0. The number of aryl methyl sites for hydroxylation is 1. The predicted molar refractivity (Wildman–Crippen MR) is 101 cm³/mol. The van der Waals surface area contributed by atoms with E-state index in [0.29, 0.717) is 26.1 Å². The van der Waals surface area contributed by atoms with Gasteiger partial charge >= 0.3 is 0 Å². The summed E-state index contributed by atoms with van der Waals surface area (Å²) in [5, 5.41) is 19.1. The van der Waals surface area contributed by atoms with Gasteiger partial charge in [0, 0.05) is 32.6 Å². The van der Waals surface area contributed by atoms with Crippen LogP contribution in [-0.2, 0) is 11.2 Å². The van der Waals surface area contributed by atoms with Crippen LogP contribution < -0.4 is 4.90 Å². The van der Waals surface area contributed by atoms with Crippen molar-refractivity contribution < 1.29 is 9.90 Å². The smallest absolute Gasteiger partial charge is 0.254 e. The maximum absolute atomic E-state index is 12.9. The minimum atomic E-state index is -1.40. The number of aromatic nitrogens is 2. The van der Waals surface area contributed by atoms with Crippen molar-refractivity contribution in [2.24, 2.45) is 0 Å². The van der Waals surface area contributed by atoms with E-state index >= 15 is 0 Å². The maximum atomic E-state index is 12.9. The number of carbonyl (C=O) groups excluding carboxylic acids is 1. The SMILES string of the molecule is Cc1ccc(N2CCCN(C(=O)C(C)(O)Cc3ccccc3)CC2)nn1. The Labute approximate surface area is 154 Å². The van der Waals surface area contributed by atoms with Gasteiger partial charge in [-0.25, -0.2) is 0 Å². The van der Waals surface area contributed by atoms with Gasteiger partial charge in [-0.2, -0.15) is 5.10 Å². The third-order valence-corrected chi connectivity index (χ3v) is 4.74. The molecule has 1 fully saturated rings. The number of nitrogens with zero attached hydrogens (tertiary/aromatic N) is 4. The summed E-state index contributed by atoms with van der Waals surface area (Å²) in [5.41, 5.74) is 0.440. The van der Waals surface area contributed by atoms with E-state index in [9.17, 15) is 9.90 Å². The van der Waals surface area contributed by atoms with Crippen LogP contribution in [0.4, 0.5) is 5.82 Å². The highest BCUT2D eigenvalue weighted by Crippen LogP contribution is 2.19. The van der Waals surface area contributed by atoms with Gasteiger partial charge in [0.15, 0.2) is 5.82 Å². The van der Waals surface area contributed by atoms with Crippen LogP contribution in [0.25, 0.3) is 0 Å². The molecule has 0 bridgehead atoms. The van der Waals surface area contributed by atoms with E-state index in [-0.39, 0.29) is 5.91 Å². The van der Waals surface area contributed by atoms with E-state index in [1.165, 1.54) is 0 Å². The summed E-state index contributed by atoms with van der Waals surface area (Å²) in [6, 6.07) is 13.5. The second-order valence-electron chi connectivity index (χ2n) is 7.10. The molecule has 0 aliphatic carbocycles. The Morgan fingerprint density at radius 1 is 1.08 bits per heavy atom. The summed E-state index contributed by atoms with van der Waals surface area (Å²) < 4.78 is 0. The molecular formula is C20H26N4O2. The van der Waals surface area contributed by atoms with E-state index in [1.54, 1.807) is 11.8 Å². The van der Waals surface area contributed by atoms with Gasteiger partial charge in [-0.1, -0.05) is 30.3 Å². The molecule has 6 nitrogen and oxygen atoms in total. The Morgan fingerprint density at radius 2 is 1.85 bits per heavy atom. The van der Waals surface area contributed by atoms with Crippen molar-refractivity contribution in [2.45, 2.75) is 32.3 Å². The molecule has 138 valence electrons. The normalized spacial score (nSPS) is 17.5. The van der Waals surface area contributed by atoms with E-state index in [1.807, 2.05) is 49.4 Å². The average molecular weight is 354 g/mol. The lowest BCUT2D eigenvalue weighted by molar-refractivity contribution is -0.149. The van der Waals surface area contributed by atoms with Crippen LogP contribution in [0.2, 0.25) is 0 Å². The van der Waals surface area contributed by atoms with Crippen molar-refractivity contribution in [1.82, 2.24) is 15.1 Å². The molecule has 1 amide bonds. The molecule has 1 unspecified atom stereocenters. The van der Waals surface area contributed by atoms with Crippen molar-refractivity contribution in [2.75, 3.05) is 31.1 Å². The van der Waals surface area contributed by atoms with Crippen LogP contribution >= 0.6 is 0 Å². The standard InChI is InChI=1S/C20H26N4O2/c1-16-9-10-18(22-21-16)23-11-6-12-24(14-13-23)19(25)20(2,26)15-17-7-4-3-5-8-17/h3-5,7-10,26H,6,11-15H2,1-2H3. The summed E-state index contributed by atoms with van der Waals surface area (Å²) >= 11 is 0. The van der Waals surface area contributed by atoms with Crippen molar-refractivity contribution in [3.63, 3.8) is 0 Å². The lowest BCUT2D eigenvalue weighted by atomic mass is 9.95. The van der Waals surface area contributed by atoms with Gasteiger partial charge in [-0.3, -0.25) is 4.79 Å². The highest BCUT2D eigenvalue weighted by molar-refractivity contribution is 5.85. The van der Waals surface area contributed by atoms with Gasteiger partial charge < -0.3 is 14.9 Å². The predicted octanol–water partition coefficient (Wildman–Crippen LogP) is 1.82. The van der Waals surface area contributed by atoms with E-state index in [2.05, 4.69) is 15.1 Å². The van der Waals surface area contributed by atoms with Crippen molar-refractivity contribution in [3.8, 4) is 0 Å². The molecular weight excluding hydrogens is 328 g/mol. The zero-order valence-electron chi connectivity index (χ0n) is 15.4. The van der Waals surface area contributed by atoms with Crippen LogP contribution in [0.15, 0.2) is 42.5 Å². The topological polar surface area (TPSA) is 69.6 Å². The molecule has 1 saturated heterocycles. The van der Waals surface area contributed by atoms with Crippen LogP contribution in [0.1, 0.15) is 24.6 Å². The lowest BCUT2D eigenvalue weighted by Crippen LogP contribution is -2.49. The van der Waals surface area contributed by atoms with Gasteiger partial charge in [0.1, 0.15) is 5.60 Å². The molecule has 1 atom stereocenters. The number of hydrogen-bond donors (Lipinski definition) is 1. The Morgan fingerprint density at radius 3 is 2.54 bits per heavy atom. The molecule has 3 rings (SSSR count). The molecule has 0 spiro atoms. The Hall–Kier alpha value is -2.47. The number of carbonyl (C=O) groups is 1. The Kier molecular flexibility index (Phi) is 5.52. The Balaban J connectivity index is 1.64.